The molecule has 2 amide bonds. The molecule has 2 aliphatic rings. The fourth-order valence-electron chi connectivity index (χ4n) is 4.87. The maximum atomic E-state index is 12.8. The van der Waals surface area contributed by atoms with Crippen molar-refractivity contribution in [3.63, 3.8) is 0 Å². The monoisotopic (exact) mass is 372 g/mol. The quantitative estimate of drug-likeness (QED) is 0.857. The molecule has 150 valence electrons. The highest BCUT2D eigenvalue weighted by Crippen LogP contribution is 2.28. The second kappa shape index (κ2) is 7.80. The predicted octanol–water partition coefficient (Wildman–Crippen LogP) is 3.13. The van der Waals surface area contributed by atoms with Crippen LogP contribution in [0, 0.1) is 6.92 Å². The molecular formula is C22H36N4O. The normalized spacial score (nSPS) is 23.2. The Hall–Kier alpha value is -1.59. The van der Waals surface area contributed by atoms with Crippen LogP contribution in [0.1, 0.15) is 51.7 Å². The van der Waals surface area contributed by atoms with Crippen LogP contribution in [0.2, 0.25) is 0 Å². The molecule has 2 aliphatic heterocycles. The number of piperazine rings is 1. The van der Waals surface area contributed by atoms with Crippen LogP contribution in [0.3, 0.4) is 0 Å². The van der Waals surface area contributed by atoms with Crippen LogP contribution in [0.15, 0.2) is 24.3 Å². The number of amides is 2. The molecular weight excluding hydrogens is 336 g/mol. The zero-order valence-electron chi connectivity index (χ0n) is 17.6. The summed E-state index contributed by atoms with van der Waals surface area (Å²) in [6, 6.07) is 9.02. The van der Waals surface area contributed by atoms with E-state index in [4.69, 9.17) is 0 Å². The summed E-state index contributed by atoms with van der Waals surface area (Å²) in [7, 11) is 0. The van der Waals surface area contributed by atoms with Crippen LogP contribution in [0.25, 0.3) is 0 Å². The van der Waals surface area contributed by atoms with Crippen molar-refractivity contribution in [3.05, 3.63) is 35.4 Å². The van der Waals surface area contributed by atoms with Crippen molar-refractivity contribution in [1.82, 2.24) is 20.4 Å². The van der Waals surface area contributed by atoms with E-state index in [9.17, 15) is 4.79 Å². The third-order valence-electron chi connectivity index (χ3n) is 5.67. The van der Waals surface area contributed by atoms with Gasteiger partial charge in [0.15, 0.2) is 0 Å². The minimum Gasteiger partial charge on any atom is -0.335 e. The molecule has 0 atom stereocenters. The number of urea groups is 1. The minimum absolute atomic E-state index is 0.0478. The van der Waals surface area contributed by atoms with E-state index in [1.807, 2.05) is 4.90 Å². The van der Waals surface area contributed by atoms with Gasteiger partial charge in [-0.1, -0.05) is 29.8 Å². The first-order chi connectivity index (χ1) is 12.6. The standard InChI is InChI=1S/C22H36N4O/c1-17-7-6-8-18(13-17)16-25-9-11-26(12-10-25)20(27)23-19-14-21(2,3)24-22(4,5)15-19/h6-8,13,19,24H,9-12,14-16H2,1-5H3,(H,23,27). The van der Waals surface area contributed by atoms with Crippen molar-refractivity contribution in [3.8, 4) is 0 Å². The molecule has 0 unspecified atom stereocenters. The van der Waals surface area contributed by atoms with Gasteiger partial charge < -0.3 is 15.5 Å². The number of rotatable bonds is 3. The van der Waals surface area contributed by atoms with E-state index < -0.39 is 0 Å². The van der Waals surface area contributed by atoms with Gasteiger partial charge in [0, 0.05) is 49.8 Å². The summed E-state index contributed by atoms with van der Waals surface area (Å²) in [5.74, 6) is 0. The van der Waals surface area contributed by atoms with Crippen molar-refractivity contribution in [2.75, 3.05) is 26.2 Å². The van der Waals surface area contributed by atoms with Crippen LogP contribution >= 0.6 is 0 Å². The van der Waals surface area contributed by atoms with Crippen LogP contribution in [0.5, 0.6) is 0 Å². The van der Waals surface area contributed by atoms with Crippen molar-refractivity contribution >= 4 is 6.03 Å². The van der Waals surface area contributed by atoms with Gasteiger partial charge in [-0.2, -0.15) is 0 Å². The van der Waals surface area contributed by atoms with Gasteiger partial charge in [0.1, 0.15) is 0 Å². The van der Waals surface area contributed by atoms with Crippen molar-refractivity contribution < 1.29 is 4.79 Å². The highest BCUT2D eigenvalue weighted by Gasteiger charge is 2.38. The van der Waals surface area contributed by atoms with E-state index in [1.165, 1.54) is 11.1 Å². The van der Waals surface area contributed by atoms with E-state index in [0.29, 0.717) is 0 Å². The van der Waals surface area contributed by atoms with E-state index in [-0.39, 0.29) is 23.2 Å². The lowest BCUT2D eigenvalue weighted by Gasteiger charge is -2.47. The number of nitrogens with one attached hydrogen (secondary N) is 2. The summed E-state index contributed by atoms with van der Waals surface area (Å²) in [4.78, 5) is 17.2. The molecule has 0 aliphatic carbocycles. The lowest BCUT2D eigenvalue weighted by Crippen LogP contribution is -2.63. The number of carbonyl (C=O) groups excluding carboxylic acids is 1. The summed E-state index contributed by atoms with van der Waals surface area (Å²) >= 11 is 0. The molecule has 3 rings (SSSR count). The lowest BCUT2D eigenvalue weighted by molar-refractivity contribution is 0.118. The molecule has 0 bridgehead atoms. The Labute approximate surface area is 164 Å². The Balaban J connectivity index is 1.48. The first-order valence-electron chi connectivity index (χ1n) is 10.2. The van der Waals surface area contributed by atoms with Gasteiger partial charge in [0.25, 0.3) is 0 Å². The fourth-order valence-corrected chi connectivity index (χ4v) is 4.87. The smallest absolute Gasteiger partial charge is 0.317 e. The van der Waals surface area contributed by atoms with Gasteiger partial charge in [0.2, 0.25) is 0 Å². The Kier molecular flexibility index (Phi) is 5.82. The average Bonchev–Trinajstić information content (AvgIpc) is 2.52. The number of piperidine rings is 1. The van der Waals surface area contributed by atoms with Gasteiger partial charge in [-0.05, 0) is 53.0 Å². The number of carbonyl (C=O) groups is 1. The van der Waals surface area contributed by atoms with Crippen molar-refractivity contribution in [2.45, 2.75) is 71.1 Å². The summed E-state index contributed by atoms with van der Waals surface area (Å²) in [5.41, 5.74) is 2.75. The largest absolute Gasteiger partial charge is 0.335 e. The summed E-state index contributed by atoms with van der Waals surface area (Å²) in [6.07, 6.45) is 1.94. The highest BCUT2D eigenvalue weighted by atomic mass is 16.2. The SMILES string of the molecule is Cc1cccc(CN2CCN(C(=O)NC3CC(C)(C)NC(C)(C)C3)CC2)c1. The maximum absolute atomic E-state index is 12.8. The molecule has 2 saturated heterocycles. The van der Waals surface area contributed by atoms with Gasteiger partial charge in [-0.3, -0.25) is 4.90 Å². The molecule has 0 saturated carbocycles. The number of hydrogen-bond donors (Lipinski definition) is 2. The Morgan fingerprint density at radius 3 is 2.33 bits per heavy atom. The summed E-state index contributed by atoms with van der Waals surface area (Å²) < 4.78 is 0. The third-order valence-corrected chi connectivity index (χ3v) is 5.67. The van der Waals surface area contributed by atoms with Crippen molar-refractivity contribution in [1.29, 1.82) is 0 Å². The first-order valence-corrected chi connectivity index (χ1v) is 10.2. The summed E-state index contributed by atoms with van der Waals surface area (Å²) in [6.45, 7) is 15.4. The van der Waals surface area contributed by atoms with Gasteiger partial charge in [-0.25, -0.2) is 4.79 Å². The Morgan fingerprint density at radius 1 is 1.11 bits per heavy atom. The van der Waals surface area contributed by atoms with E-state index >= 15 is 0 Å². The molecule has 2 fully saturated rings. The van der Waals surface area contributed by atoms with Gasteiger partial charge >= 0.3 is 6.03 Å². The number of nitrogens with zero attached hydrogens (tertiary/aromatic N) is 2. The van der Waals surface area contributed by atoms with Crippen molar-refractivity contribution in [2.24, 2.45) is 0 Å². The van der Waals surface area contributed by atoms with E-state index in [2.05, 4.69) is 74.4 Å². The summed E-state index contributed by atoms with van der Waals surface area (Å²) in [5, 5.41) is 6.98. The zero-order valence-corrected chi connectivity index (χ0v) is 17.6. The second-order valence-corrected chi connectivity index (χ2v) is 9.70. The number of hydrogen-bond acceptors (Lipinski definition) is 3. The number of benzene rings is 1. The fraction of sp³-hybridized carbons (Fsp3) is 0.682. The average molecular weight is 373 g/mol. The molecule has 1 aromatic rings. The Bertz CT molecular complexity index is 646. The maximum Gasteiger partial charge on any atom is 0.317 e. The van der Waals surface area contributed by atoms with E-state index in [0.717, 1.165) is 45.6 Å². The van der Waals surface area contributed by atoms with Gasteiger partial charge in [0.05, 0.1) is 0 Å². The molecule has 0 spiro atoms. The topological polar surface area (TPSA) is 47.6 Å². The Morgan fingerprint density at radius 2 is 1.74 bits per heavy atom. The third kappa shape index (κ3) is 5.69. The highest BCUT2D eigenvalue weighted by molar-refractivity contribution is 5.74. The van der Waals surface area contributed by atoms with Crippen LogP contribution in [-0.2, 0) is 6.54 Å². The van der Waals surface area contributed by atoms with Crippen LogP contribution < -0.4 is 10.6 Å². The molecule has 1 aromatic carbocycles. The van der Waals surface area contributed by atoms with E-state index in [1.54, 1.807) is 0 Å². The number of aryl methyl sites for hydroxylation is 1. The zero-order chi connectivity index (χ0) is 19.7. The molecule has 0 aromatic heterocycles. The molecule has 0 radical (unpaired) electrons. The lowest BCUT2D eigenvalue weighted by atomic mass is 9.80. The van der Waals surface area contributed by atoms with Crippen LogP contribution in [0.4, 0.5) is 4.79 Å². The van der Waals surface area contributed by atoms with Crippen LogP contribution in [-0.4, -0.2) is 59.1 Å². The molecule has 27 heavy (non-hydrogen) atoms. The predicted molar refractivity (Wildman–Crippen MR) is 111 cm³/mol. The minimum atomic E-state index is 0.0478. The molecule has 5 heteroatoms. The van der Waals surface area contributed by atoms with Gasteiger partial charge in [-0.15, -0.1) is 0 Å². The molecule has 2 heterocycles. The molecule has 5 nitrogen and oxygen atoms in total. The second-order valence-electron chi connectivity index (χ2n) is 9.70. The first kappa shape index (κ1) is 20.2. The molecule has 2 N–H and O–H groups in total.